The van der Waals surface area contributed by atoms with Gasteiger partial charge in [-0.3, -0.25) is 4.79 Å². The van der Waals surface area contributed by atoms with Gasteiger partial charge < -0.3 is 4.74 Å². The van der Waals surface area contributed by atoms with Gasteiger partial charge >= 0.3 is 0 Å². The van der Waals surface area contributed by atoms with Gasteiger partial charge in [0.15, 0.2) is 0 Å². The summed E-state index contributed by atoms with van der Waals surface area (Å²) >= 11 is 6.91. The van der Waals surface area contributed by atoms with Gasteiger partial charge in [0.1, 0.15) is 10.8 Å². The van der Waals surface area contributed by atoms with E-state index in [4.69, 9.17) is 4.74 Å². The second kappa shape index (κ2) is 6.24. The third kappa shape index (κ3) is 2.95. The molecule has 0 bridgehead atoms. The highest BCUT2D eigenvalue weighted by molar-refractivity contribution is 7.97. The minimum Gasteiger partial charge on any atom is -0.497 e. The van der Waals surface area contributed by atoms with Crippen LogP contribution in [0.1, 0.15) is 14.5 Å². The number of aryl methyl sites for hydroxylation is 1. The summed E-state index contributed by atoms with van der Waals surface area (Å²) in [6.45, 7) is 1.99. The van der Waals surface area contributed by atoms with Gasteiger partial charge in [-0.15, -0.1) is 22.7 Å². The van der Waals surface area contributed by atoms with Gasteiger partial charge in [-0.05, 0) is 37.3 Å². The van der Waals surface area contributed by atoms with Gasteiger partial charge in [-0.1, -0.05) is 12.6 Å². The lowest BCUT2D eigenvalue weighted by atomic mass is 10.1. The van der Waals surface area contributed by atoms with Gasteiger partial charge in [0, 0.05) is 21.4 Å². The molecule has 0 fully saturated rings. The fourth-order valence-electron chi connectivity index (χ4n) is 2.09. The predicted molar refractivity (Wildman–Crippen MR) is 95.5 cm³/mol. The quantitative estimate of drug-likeness (QED) is 0.681. The first-order chi connectivity index (χ1) is 10.6. The third-order valence-corrected chi connectivity index (χ3v) is 5.57. The number of benzene rings is 1. The van der Waals surface area contributed by atoms with Crippen LogP contribution in [-0.2, 0) is 0 Å². The van der Waals surface area contributed by atoms with E-state index in [9.17, 15) is 4.79 Å². The standard InChI is InChI=1S/C16H13NO2S3/c1-9-12(7-14(22-9)16(18)20)15-17-13(8-21-15)10-3-5-11(19-2)6-4-10/h3-8H,1-2H3,(H,18,20). The highest BCUT2D eigenvalue weighted by Crippen LogP contribution is 2.35. The SMILES string of the molecule is COc1ccc(-c2csc(-c3cc(C(=O)S)sc3C)n2)cc1. The summed E-state index contributed by atoms with van der Waals surface area (Å²) in [7, 11) is 1.65. The Kier molecular flexibility index (Phi) is 4.33. The molecule has 112 valence electrons. The van der Waals surface area contributed by atoms with Crippen LogP contribution in [0.5, 0.6) is 5.75 Å². The highest BCUT2D eigenvalue weighted by Gasteiger charge is 2.14. The van der Waals surface area contributed by atoms with Crippen LogP contribution in [0.15, 0.2) is 35.7 Å². The summed E-state index contributed by atoms with van der Waals surface area (Å²) in [5.41, 5.74) is 2.97. The Morgan fingerprint density at radius 3 is 2.59 bits per heavy atom. The fraction of sp³-hybridized carbons (Fsp3) is 0.125. The molecular weight excluding hydrogens is 334 g/mol. The maximum absolute atomic E-state index is 11.4. The van der Waals surface area contributed by atoms with Crippen molar-refractivity contribution in [3.05, 3.63) is 45.5 Å². The maximum Gasteiger partial charge on any atom is 0.226 e. The lowest BCUT2D eigenvalue weighted by molar-refractivity contribution is 0.109. The number of aromatic nitrogens is 1. The summed E-state index contributed by atoms with van der Waals surface area (Å²) < 4.78 is 5.16. The van der Waals surface area contributed by atoms with E-state index in [0.29, 0.717) is 4.88 Å². The van der Waals surface area contributed by atoms with Crippen molar-refractivity contribution in [2.75, 3.05) is 7.11 Å². The smallest absolute Gasteiger partial charge is 0.226 e. The van der Waals surface area contributed by atoms with Crippen molar-refractivity contribution in [2.24, 2.45) is 0 Å². The Labute approximate surface area is 142 Å². The van der Waals surface area contributed by atoms with E-state index in [2.05, 4.69) is 17.6 Å². The second-order valence-corrected chi connectivity index (χ2v) is 7.17. The topological polar surface area (TPSA) is 39.2 Å². The van der Waals surface area contributed by atoms with Crippen LogP contribution in [0.4, 0.5) is 0 Å². The molecule has 1 aromatic carbocycles. The minimum atomic E-state index is -0.203. The molecule has 0 aliphatic heterocycles. The van der Waals surface area contributed by atoms with E-state index in [1.807, 2.05) is 42.6 Å². The Balaban J connectivity index is 1.94. The average Bonchev–Trinajstić information content (AvgIpc) is 3.14. The minimum absolute atomic E-state index is 0.203. The molecule has 3 aromatic rings. The molecule has 0 N–H and O–H groups in total. The first-order valence-electron chi connectivity index (χ1n) is 6.52. The number of methoxy groups -OCH3 is 1. The number of ether oxygens (including phenoxy) is 1. The Morgan fingerprint density at radius 1 is 1.27 bits per heavy atom. The molecule has 22 heavy (non-hydrogen) atoms. The summed E-state index contributed by atoms with van der Waals surface area (Å²) in [5.74, 6) is 0.824. The zero-order chi connectivity index (χ0) is 15.7. The van der Waals surface area contributed by atoms with Crippen LogP contribution in [0.3, 0.4) is 0 Å². The molecule has 0 spiro atoms. The van der Waals surface area contributed by atoms with E-state index in [0.717, 1.165) is 32.5 Å². The van der Waals surface area contributed by atoms with Gasteiger partial charge in [0.2, 0.25) is 5.12 Å². The number of nitrogens with zero attached hydrogens (tertiary/aromatic N) is 1. The largest absolute Gasteiger partial charge is 0.497 e. The maximum atomic E-state index is 11.4. The Morgan fingerprint density at radius 2 is 2.00 bits per heavy atom. The molecule has 3 rings (SSSR count). The molecule has 2 aromatic heterocycles. The van der Waals surface area contributed by atoms with E-state index < -0.39 is 0 Å². The summed E-state index contributed by atoms with van der Waals surface area (Å²) in [6, 6.07) is 9.68. The second-order valence-electron chi connectivity index (χ2n) is 4.65. The summed E-state index contributed by atoms with van der Waals surface area (Å²) in [4.78, 5) is 17.8. The lowest BCUT2D eigenvalue weighted by Crippen LogP contribution is -1.83. The van der Waals surface area contributed by atoms with Crippen molar-refractivity contribution in [1.29, 1.82) is 0 Å². The van der Waals surface area contributed by atoms with Crippen LogP contribution in [0.25, 0.3) is 21.8 Å². The lowest BCUT2D eigenvalue weighted by Gasteiger charge is -2.00. The van der Waals surface area contributed by atoms with E-state index in [1.165, 1.54) is 11.3 Å². The number of hydrogen-bond donors (Lipinski definition) is 1. The van der Waals surface area contributed by atoms with Crippen molar-refractivity contribution in [1.82, 2.24) is 4.98 Å². The number of rotatable bonds is 4. The van der Waals surface area contributed by atoms with Crippen molar-refractivity contribution in [3.8, 4) is 27.6 Å². The number of thiol groups is 1. The molecule has 0 saturated carbocycles. The molecule has 0 radical (unpaired) electrons. The first kappa shape index (κ1) is 15.3. The normalized spacial score (nSPS) is 10.7. The monoisotopic (exact) mass is 347 g/mol. The zero-order valence-corrected chi connectivity index (χ0v) is 14.5. The molecular formula is C16H13NO2S3. The van der Waals surface area contributed by atoms with E-state index >= 15 is 0 Å². The third-order valence-electron chi connectivity index (χ3n) is 3.25. The molecule has 2 heterocycles. The summed E-state index contributed by atoms with van der Waals surface area (Å²) in [6.07, 6.45) is 0. The number of thiazole rings is 1. The van der Waals surface area contributed by atoms with E-state index in [-0.39, 0.29) is 5.12 Å². The number of carbonyl (C=O) groups excluding carboxylic acids is 1. The Bertz CT molecular complexity index is 818. The average molecular weight is 347 g/mol. The molecule has 0 aliphatic carbocycles. The van der Waals surface area contributed by atoms with Gasteiger partial charge in [-0.2, -0.15) is 0 Å². The van der Waals surface area contributed by atoms with E-state index in [1.54, 1.807) is 18.4 Å². The molecule has 0 amide bonds. The summed E-state index contributed by atoms with van der Waals surface area (Å²) in [5, 5.41) is 2.74. The molecule has 0 unspecified atom stereocenters. The molecule has 0 atom stereocenters. The van der Waals surface area contributed by atoms with Crippen LogP contribution in [-0.4, -0.2) is 17.2 Å². The molecule has 0 saturated heterocycles. The van der Waals surface area contributed by atoms with Crippen molar-refractivity contribution < 1.29 is 9.53 Å². The van der Waals surface area contributed by atoms with Gasteiger partial charge in [0.25, 0.3) is 0 Å². The van der Waals surface area contributed by atoms with Gasteiger partial charge in [-0.25, -0.2) is 4.98 Å². The zero-order valence-electron chi connectivity index (χ0n) is 12.0. The highest BCUT2D eigenvalue weighted by atomic mass is 32.1. The van der Waals surface area contributed by atoms with Crippen molar-refractivity contribution in [3.63, 3.8) is 0 Å². The first-order valence-corrected chi connectivity index (χ1v) is 8.67. The number of carbonyl (C=O) groups is 1. The Hall–Kier alpha value is -1.63. The number of hydrogen-bond acceptors (Lipinski definition) is 5. The van der Waals surface area contributed by atoms with Crippen LogP contribution >= 0.6 is 35.3 Å². The van der Waals surface area contributed by atoms with Crippen LogP contribution < -0.4 is 4.74 Å². The van der Waals surface area contributed by atoms with Crippen LogP contribution in [0.2, 0.25) is 0 Å². The molecule has 6 heteroatoms. The molecule has 3 nitrogen and oxygen atoms in total. The molecule has 0 aliphatic rings. The number of thiophene rings is 1. The van der Waals surface area contributed by atoms with Gasteiger partial charge in [0.05, 0.1) is 17.7 Å². The fourth-order valence-corrected chi connectivity index (χ4v) is 4.12. The van der Waals surface area contributed by atoms with Crippen molar-refractivity contribution in [2.45, 2.75) is 6.92 Å². The predicted octanol–water partition coefficient (Wildman–Crippen LogP) is 4.93. The van der Waals surface area contributed by atoms with Crippen LogP contribution in [0, 0.1) is 6.92 Å². The van der Waals surface area contributed by atoms with Crippen molar-refractivity contribution >= 4 is 40.4 Å².